The molecule has 0 aliphatic rings. The van der Waals surface area contributed by atoms with Gasteiger partial charge in [-0.05, 0) is 42.0 Å². The van der Waals surface area contributed by atoms with Crippen molar-refractivity contribution in [3.63, 3.8) is 0 Å². The molecule has 0 unspecified atom stereocenters. The lowest BCUT2D eigenvalue weighted by Crippen LogP contribution is -1.94. The van der Waals surface area contributed by atoms with Crippen LogP contribution in [-0.2, 0) is 0 Å². The first-order valence-electron chi connectivity index (χ1n) is 11.3. The van der Waals surface area contributed by atoms with Crippen molar-refractivity contribution in [2.24, 2.45) is 0 Å². The van der Waals surface area contributed by atoms with Gasteiger partial charge in [0.1, 0.15) is 11.2 Å². The molecule has 2 nitrogen and oxygen atoms in total. The maximum atomic E-state index is 6.43. The summed E-state index contributed by atoms with van der Waals surface area (Å²) in [5.41, 5.74) is 5.36. The van der Waals surface area contributed by atoms with Crippen LogP contribution in [0.4, 0.5) is 0 Å². The Balaban J connectivity index is 1.75. The zero-order valence-corrected chi connectivity index (χ0v) is 18.3. The number of allylic oxidation sites excluding steroid dienone is 3. The van der Waals surface area contributed by atoms with Gasteiger partial charge in [0.2, 0.25) is 0 Å². The quantitative estimate of drug-likeness (QED) is 0.200. The molecular weight excluding hydrogens is 402 g/mol. The second-order valence-electron chi connectivity index (χ2n) is 8.53. The zero-order valence-electron chi connectivity index (χ0n) is 18.3. The SMILES string of the molecule is C=C/C(=C\C)n1c2ccccc2c2ccc3c(ccc4ccc5c6ccccc6oc5c43)c21. The largest absolute Gasteiger partial charge is 0.455 e. The average molecular weight is 424 g/mol. The van der Waals surface area contributed by atoms with Crippen LogP contribution in [0.2, 0.25) is 0 Å². The highest BCUT2D eigenvalue weighted by Gasteiger charge is 2.18. The van der Waals surface area contributed by atoms with Crippen LogP contribution in [0, 0.1) is 0 Å². The molecule has 0 saturated heterocycles. The fraction of sp³-hybridized carbons (Fsp3) is 0.0323. The number of furan rings is 1. The average Bonchev–Trinajstić information content (AvgIpc) is 3.41. The van der Waals surface area contributed by atoms with Gasteiger partial charge < -0.3 is 8.98 Å². The minimum Gasteiger partial charge on any atom is -0.455 e. The van der Waals surface area contributed by atoms with Crippen LogP contribution in [-0.4, -0.2) is 4.57 Å². The van der Waals surface area contributed by atoms with E-state index in [0.29, 0.717) is 0 Å². The third kappa shape index (κ3) is 2.33. The van der Waals surface area contributed by atoms with E-state index in [2.05, 4.69) is 96.9 Å². The number of hydrogen-bond donors (Lipinski definition) is 0. The summed E-state index contributed by atoms with van der Waals surface area (Å²) >= 11 is 0. The Hall–Kier alpha value is -4.30. The Morgan fingerprint density at radius 1 is 0.727 bits per heavy atom. The van der Waals surface area contributed by atoms with Crippen molar-refractivity contribution in [2.45, 2.75) is 6.92 Å². The number of aromatic nitrogens is 1. The van der Waals surface area contributed by atoms with Gasteiger partial charge in [-0.2, -0.15) is 0 Å². The predicted molar refractivity (Wildman–Crippen MR) is 142 cm³/mol. The number of fused-ring (bicyclic) bond motifs is 11. The lowest BCUT2D eigenvalue weighted by molar-refractivity contribution is 0.673. The third-order valence-corrected chi connectivity index (χ3v) is 6.92. The van der Waals surface area contributed by atoms with Gasteiger partial charge in [-0.1, -0.05) is 79.4 Å². The molecule has 0 atom stereocenters. The van der Waals surface area contributed by atoms with Crippen LogP contribution in [0.3, 0.4) is 0 Å². The summed E-state index contributed by atoms with van der Waals surface area (Å²) in [6, 6.07) is 30.3. The minimum atomic E-state index is 0.926. The molecule has 2 heteroatoms. The highest BCUT2D eigenvalue weighted by molar-refractivity contribution is 6.28. The van der Waals surface area contributed by atoms with Crippen molar-refractivity contribution >= 4 is 71.0 Å². The van der Waals surface area contributed by atoms with E-state index in [-0.39, 0.29) is 0 Å². The standard InChI is InChI=1S/C31H21NO/c1-3-20(4-2)32-27-11-7-5-9-21(27)24-18-17-23-25(30(24)32)15-13-19-14-16-26-22-10-6-8-12-28(22)33-31(26)29(19)23/h3-18H,1H2,2H3/b20-4+. The summed E-state index contributed by atoms with van der Waals surface area (Å²) in [5.74, 6) is 0. The molecule has 7 rings (SSSR count). The molecule has 0 radical (unpaired) electrons. The number of nitrogens with zero attached hydrogens (tertiary/aromatic N) is 1. The molecule has 0 saturated carbocycles. The summed E-state index contributed by atoms with van der Waals surface area (Å²) in [6.07, 6.45) is 4.05. The molecule has 0 bridgehead atoms. The van der Waals surface area contributed by atoms with Crippen LogP contribution in [0.1, 0.15) is 6.92 Å². The summed E-state index contributed by atoms with van der Waals surface area (Å²) in [5, 5.41) is 9.58. The monoisotopic (exact) mass is 423 g/mol. The van der Waals surface area contributed by atoms with Gasteiger partial charge in [0, 0.05) is 38.0 Å². The van der Waals surface area contributed by atoms with E-state index in [1.165, 1.54) is 43.4 Å². The van der Waals surface area contributed by atoms with Gasteiger partial charge in [0.15, 0.2) is 0 Å². The molecule has 0 aliphatic carbocycles. The lowest BCUT2D eigenvalue weighted by Gasteiger charge is -2.11. The summed E-state index contributed by atoms with van der Waals surface area (Å²) in [4.78, 5) is 0. The molecule has 2 aromatic heterocycles. The van der Waals surface area contributed by atoms with E-state index < -0.39 is 0 Å². The highest BCUT2D eigenvalue weighted by atomic mass is 16.3. The Labute approximate surface area is 190 Å². The van der Waals surface area contributed by atoms with Crippen LogP contribution in [0.15, 0.2) is 108 Å². The van der Waals surface area contributed by atoms with Crippen molar-refractivity contribution < 1.29 is 4.42 Å². The highest BCUT2D eigenvalue weighted by Crippen LogP contribution is 2.42. The van der Waals surface area contributed by atoms with Crippen LogP contribution in [0.25, 0.3) is 71.0 Å². The molecule has 0 N–H and O–H groups in total. The molecule has 7 aromatic rings. The topological polar surface area (TPSA) is 18.1 Å². The summed E-state index contributed by atoms with van der Waals surface area (Å²) in [6.45, 7) is 6.16. The van der Waals surface area contributed by atoms with E-state index in [0.717, 1.165) is 27.6 Å². The van der Waals surface area contributed by atoms with E-state index in [1.807, 2.05) is 18.2 Å². The smallest absolute Gasteiger partial charge is 0.143 e. The number of para-hydroxylation sites is 2. The van der Waals surface area contributed by atoms with Gasteiger partial charge in [0.05, 0.1) is 11.0 Å². The van der Waals surface area contributed by atoms with Gasteiger partial charge in [0.25, 0.3) is 0 Å². The first kappa shape index (κ1) is 18.3. The van der Waals surface area contributed by atoms with Crippen molar-refractivity contribution in [2.75, 3.05) is 0 Å². The molecular formula is C31H21NO. The Morgan fingerprint density at radius 2 is 1.39 bits per heavy atom. The molecule has 5 aromatic carbocycles. The molecule has 33 heavy (non-hydrogen) atoms. The van der Waals surface area contributed by atoms with Crippen molar-refractivity contribution in [1.82, 2.24) is 4.57 Å². The van der Waals surface area contributed by atoms with Crippen LogP contribution < -0.4 is 0 Å². The summed E-state index contributed by atoms with van der Waals surface area (Å²) < 4.78 is 8.77. The molecule has 0 fully saturated rings. The van der Waals surface area contributed by atoms with Gasteiger partial charge in [-0.25, -0.2) is 0 Å². The first-order chi connectivity index (χ1) is 16.3. The van der Waals surface area contributed by atoms with Gasteiger partial charge in [-0.3, -0.25) is 0 Å². The van der Waals surface area contributed by atoms with E-state index >= 15 is 0 Å². The van der Waals surface area contributed by atoms with Crippen molar-refractivity contribution in [1.29, 1.82) is 0 Å². The minimum absolute atomic E-state index is 0.926. The second-order valence-corrected chi connectivity index (χ2v) is 8.53. The van der Waals surface area contributed by atoms with Gasteiger partial charge >= 0.3 is 0 Å². The summed E-state index contributed by atoms with van der Waals surface area (Å²) in [7, 11) is 0. The Bertz CT molecular complexity index is 1940. The Kier molecular flexibility index (Phi) is 3.66. The fourth-order valence-electron chi connectivity index (χ4n) is 5.47. The second kappa shape index (κ2) is 6.60. The first-order valence-corrected chi connectivity index (χ1v) is 11.3. The van der Waals surface area contributed by atoms with Crippen LogP contribution in [0.5, 0.6) is 0 Å². The van der Waals surface area contributed by atoms with E-state index in [4.69, 9.17) is 4.42 Å². The number of rotatable bonds is 2. The van der Waals surface area contributed by atoms with Gasteiger partial charge in [-0.15, -0.1) is 0 Å². The molecule has 156 valence electrons. The van der Waals surface area contributed by atoms with Crippen molar-refractivity contribution in [3.05, 3.63) is 104 Å². The number of benzene rings is 5. The molecule has 2 heterocycles. The molecule has 0 amide bonds. The normalized spacial score (nSPS) is 12.7. The van der Waals surface area contributed by atoms with Crippen molar-refractivity contribution in [3.8, 4) is 0 Å². The molecule has 0 aliphatic heterocycles. The molecule has 0 spiro atoms. The zero-order chi connectivity index (χ0) is 22.1. The Morgan fingerprint density at radius 3 is 2.21 bits per heavy atom. The third-order valence-electron chi connectivity index (χ3n) is 6.92. The fourth-order valence-corrected chi connectivity index (χ4v) is 5.47. The van der Waals surface area contributed by atoms with Crippen LogP contribution >= 0.6 is 0 Å². The van der Waals surface area contributed by atoms with E-state index in [9.17, 15) is 0 Å². The number of hydrogen-bond acceptors (Lipinski definition) is 1. The lowest BCUT2D eigenvalue weighted by atomic mass is 9.97. The maximum Gasteiger partial charge on any atom is 0.143 e. The maximum absolute atomic E-state index is 6.43. The van der Waals surface area contributed by atoms with E-state index in [1.54, 1.807) is 0 Å². The predicted octanol–water partition coefficient (Wildman–Crippen LogP) is 9.05.